The van der Waals surface area contributed by atoms with Crippen LogP contribution >= 0.6 is 0 Å². The second-order valence-corrected chi connectivity index (χ2v) is 3.82. The minimum atomic E-state index is -4.35. The third-order valence-corrected chi connectivity index (χ3v) is 2.68. The van der Waals surface area contributed by atoms with Crippen LogP contribution in [0.5, 0.6) is 0 Å². The summed E-state index contributed by atoms with van der Waals surface area (Å²) in [5.41, 5.74) is 0. The number of hydrogen-bond donors (Lipinski definition) is 1. The van der Waals surface area contributed by atoms with Gasteiger partial charge in [-0.05, 0) is 19.3 Å². The van der Waals surface area contributed by atoms with E-state index in [4.69, 9.17) is 0 Å². The van der Waals surface area contributed by atoms with Gasteiger partial charge in [-0.3, -0.25) is 4.79 Å². The minimum Gasteiger partial charge on any atom is -0.469 e. The Balaban J connectivity index is 2.68. The van der Waals surface area contributed by atoms with Crippen molar-refractivity contribution in [1.29, 1.82) is 0 Å². The zero-order valence-electron chi connectivity index (χ0n) is 8.25. The summed E-state index contributed by atoms with van der Waals surface area (Å²) in [5.74, 6) is -3.13. The monoisotopic (exact) mass is 226 g/mol. The molecule has 0 spiro atoms. The fraction of sp³-hybridized carbons (Fsp3) is 0.889. The SMILES string of the molecule is COC(=O)[C@@H]1C[C@H](O)C[C@@H](C(F)(F)F)C1. The zero-order valence-corrected chi connectivity index (χ0v) is 8.25. The van der Waals surface area contributed by atoms with Crippen molar-refractivity contribution < 1.29 is 27.8 Å². The molecule has 1 N–H and O–H groups in total. The van der Waals surface area contributed by atoms with Crippen LogP contribution in [0.2, 0.25) is 0 Å². The highest BCUT2D eigenvalue weighted by atomic mass is 19.4. The lowest BCUT2D eigenvalue weighted by molar-refractivity contribution is -0.197. The molecule has 0 aromatic rings. The van der Waals surface area contributed by atoms with Gasteiger partial charge in [0.15, 0.2) is 0 Å². The van der Waals surface area contributed by atoms with Gasteiger partial charge < -0.3 is 9.84 Å². The molecular formula is C9H13F3O3. The second-order valence-electron chi connectivity index (χ2n) is 3.82. The maximum absolute atomic E-state index is 12.4. The third kappa shape index (κ3) is 3.09. The van der Waals surface area contributed by atoms with Crippen molar-refractivity contribution in [3.8, 4) is 0 Å². The maximum Gasteiger partial charge on any atom is 0.391 e. The molecule has 1 saturated carbocycles. The van der Waals surface area contributed by atoms with Crippen molar-refractivity contribution in [3.05, 3.63) is 0 Å². The molecule has 0 aliphatic heterocycles. The molecule has 0 radical (unpaired) electrons. The Hall–Kier alpha value is -0.780. The number of alkyl halides is 3. The Morgan fingerprint density at radius 1 is 1.33 bits per heavy atom. The van der Waals surface area contributed by atoms with E-state index in [9.17, 15) is 23.1 Å². The van der Waals surface area contributed by atoms with Gasteiger partial charge in [0, 0.05) is 0 Å². The van der Waals surface area contributed by atoms with Crippen LogP contribution in [0.1, 0.15) is 19.3 Å². The Kier molecular flexibility index (Phi) is 3.59. The highest BCUT2D eigenvalue weighted by Crippen LogP contribution is 2.40. The standard InChI is InChI=1S/C9H13F3O3/c1-15-8(14)5-2-6(9(10,11)12)4-7(13)3-5/h5-7,13H,2-4H2,1H3/t5-,6-,7-/m0/s1. The number of carbonyl (C=O) groups excluding carboxylic acids is 1. The van der Waals surface area contributed by atoms with Crippen LogP contribution in [0, 0.1) is 11.8 Å². The van der Waals surface area contributed by atoms with Gasteiger partial charge in [0.1, 0.15) is 0 Å². The predicted molar refractivity (Wildman–Crippen MR) is 44.9 cm³/mol. The molecule has 3 atom stereocenters. The zero-order chi connectivity index (χ0) is 11.6. The normalized spacial score (nSPS) is 32.5. The molecule has 1 aliphatic carbocycles. The van der Waals surface area contributed by atoms with Gasteiger partial charge in [0.25, 0.3) is 0 Å². The third-order valence-electron chi connectivity index (χ3n) is 2.68. The predicted octanol–water partition coefficient (Wildman–Crippen LogP) is 1.50. The molecule has 88 valence electrons. The lowest BCUT2D eigenvalue weighted by Crippen LogP contribution is -2.38. The van der Waals surface area contributed by atoms with Gasteiger partial charge in [-0.2, -0.15) is 13.2 Å². The summed E-state index contributed by atoms with van der Waals surface area (Å²) >= 11 is 0. The molecule has 0 saturated heterocycles. The molecule has 1 aliphatic rings. The van der Waals surface area contributed by atoms with Crippen molar-refractivity contribution in [2.45, 2.75) is 31.5 Å². The average molecular weight is 226 g/mol. The Morgan fingerprint density at radius 3 is 2.40 bits per heavy atom. The average Bonchev–Trinajstić information content (AvgIpc) is 2.14. The first kappa shape index (κ1) is 12.3. The quantitative estimate of drug-likeness (QED) is 0.689. The Labute approximate surface area is 85.2 Å². The number of aliphatic hydroxyl groups is 1. The number of rotatable bonds is 1. The molecule has 0 unspecified atom stereocenters. The van der Waals surface area contributed by atoms with E-state index in [0.717, 1.165) is 7.11 Å². The lowest BCUT2D eigenvalue weighted by atomic mass is 9.79. The summed E-state index contributed by atoms with van der Waals surface area (Å²) in [6.45, 7) is 0. The van der Waals surface area contributed by atoms with Crippen LogP contribution in [0.3, 0.4) is 0 Å². The highest BCUT2D eigenvalue weighted by molar-refractivity contribution is 5.72. The van der Waals surface area contributed by atoms with Crippen LogP contribution < -0.4 is 0 Å². The molecule has 0 aromatic carbocycles. The van der Waals surface area contributed by atoms with Crippen molar-refractivity contribution in [1.82, 2.24) is 0 Å². The van der Waals surface area contributed by atoms with Gasteiger partial charge in [0.05, 0.1) is 25.0 Å². The minimum absolute atomic E-state index is 0.0548. The van der Waals surface area contributed by atoms with Gasteiger partial charge in [-0.1, -0.05) is 0 Å². The second kappa shape index (κ2) is 4.38. The number of hydrogen-bond acceptors (Lipinski definition) is 3. The van der Waals surface area contributed by atoms with E-state index in [2.05, 4.69) is 4.74 Å². The number of aliphatic hydroxyl groups excluding tert-OH is 1. The van der Waals surface area contributed by atoms with Crippen molar-refractivity contribution >= 4 is 5.97 Å². The summed E-state index contributed by atoms with van der Waals surface area (Å²) < 4.78 is 41.6. The van der Waals surface area contributed by atoms with E-state index >= 15 is 0 Å². The maximum atomic E-state index is 12.4. The van der Waals surface area contributed by atoms with E-state index in [1.54, 1.807) is 0 Å². The number of esters is 1. The largest absolute Gasteiger partial charge is 0.469 e. The number of carbonyl (C=O) groups is 1. The van der Waals surface area contributed by atoms with E-state index in [1.165, 1.54) is 0 Å². The molecule has 15 heavy (non-hydrogen) atoms. The van der Waals surface area contributed by atoms with Crippen LogP contribution in [-0.4, -0.2) is 30.5 Å². The van der Waals surface area contributed by atoms with Crippen LogP contribution in [0.15, 0.2) is 0 Å². The van der Waals surface area contributed by atoms with E-state index in [1.807, 2.05) is 0 Å². The first-order chi connectivity index (χ1) is 6.84. The number of halogens is 3. The van der Waals surface area contributed by atoms with Gasteiger partial charge >= 0.3 is 12.1 Å². The van der Waals surface area contributed by atoms with Gasteiger partial charge in [-0.25, -0.2) is 0 Å². The Morgan fingerprint density at radius 2 is 1.93 bits per heavy atom. The lowest BCUT2D eigenvalue weighted by Gasteiger charge is -2.32. The van der Waals surface area contributed by atoms with Crippen molar-refractivity contribution in [2.75, 3.05) is 7.11 Å². The van der Waals surface area contributed by atoms with Crippen molar-refractivity contribution in [2.24, 2.45) is 11.8 Å². The summed E-state index contributed by atoms with van der Waals surface area (Å²) in [6, 6.07) is 0. The fourth-order valence-electron chi connectivity index (χ4n) is 1.92. The topological polar surface area (TPSA) is 46.5 Å². The van der Waals surface area contributed by atoms with Crippen LogP contribution in [-0.2, 0) is 9.53 Å². The van der Waals surface area contributed by atoms with Crippen LogP contribution in [0.25, 0.3) is 0 Å². The van der Waals surface area contributed by atoms with Crippen molar-refractivity contribution in [3.63, 3.8) is 0 Å². The van der Waals surface area contributed by atoms with Gasteiger partial charge in [-0.15, -0.1) is 0 Å². The molecule has 1 rings (SSSR count). The number of ether oxygens (including phenoxy) is 1. The summed E-state index contributed by atoms with van der Waals surface area (Å²) in [6.07, 6.45) is -5.98. The molecule has 0 bridgehead atoms. The van der Waals surface area contributed by atoms with Gasteiger partial charge in [0.2, 0.25) is 0 Å². The Bertz CT molecular complexity index is 239. The highest BCUT2D eigenvalue weighted by Gasteiger charge is 2.46. The van der Waals surface area contributed by atoms with Crippen LogP contribution in [0.4, 0.5) is 13.2 Å². The summed E-state index contributed by atoms with van der Waals surface area (Å²) in [5, 5.41) is 9.25. The first-order valence-corrected chi connectivity index (χ1v) is 4.67. The van der Waals surface area contributed by atoms with E-state index < -0.39 is 30.1 Å². The molecule has 0 heterocycles. The molecule has 6 heteroatoms. The van der Waals surface area contributed by atoms with E-state index in [0.29, 0.717) is 0 Å². The fourth-order valence-corrected chi connectivity index (χ4v) is 1.92. The van der Waals surface area contributed by atoms with E-state index in [-0.39, 0.29) is 19.3 Å². The molecule has 0 aromatic heterocycles. The smallest absolute Gasteiger partial charge is 0.391 e. The first-order valence-electron chi connectivity index (χ1n) is 4.67. The number of methoxy groups -OCH3 is 1. The summed E-state index contributed by atoms with van der Waals surface area (Å²) in [4.78, 5) is 11.1. The summed E-state index contributed by atoms with van der Waals surface area (Å²) in [7, 11) is 1.13. The molecule has 3 nitrogen and oxygen atoms in total. The molecular weight excluding hydrogens is 213 g/mol. The molecule has 0 amide bonds. The molecule has 1 fully saturated rings.